The zero-order valence-electron chi connectivity index (χ0n) is 16.0. The van der Waals surface area contributed by atoms with Crippen molar-refractivity contribution in [2.75, 3.05) is 39.4 Å². The lowest BCUT2D eigenvalue weighted by Crippen LogP contribution is -2.49. The number of nitrogens with one attached hydrogen (secondary N) is 2. The van der Waals surface area contributed by atoms with Crippen molar-refractivity contribution in [3.05, 3.63) is 35.4 Å². The molecule has 0 radical (unpaired) electrons. The van der Waals surface area contributed by atoms with Crippen LogP contribution in [0.4, 0.5) is 8.78 Å². The Balaban J connectivity index is 1.49. The van der Waals surface area contributed by atoms with Crippen LogP contribution in [0.15, 0.2) is 23.2 Å². The summed E-state index contributed by atoms with van der Waals surface area (Å²) in [6.45, 7) is 7.87. The first-order valence-electron chi connectivity index (χ1n) is 9.93. The highest BCUT2D eigenvalue weighted by Crippen LogP contribution is 2.18. The molecule has 0 spiro atoms. The first-order chi connectivity index (χ1) is 13.1. The first-order valence-corrected chi connectivity index (χ1v) is 9.93. The lowest BCUT2D eigenvalue weighted by Gasteiger charge is -2.34. The fourth-order valence-electron chi connectivity index (χ4n) is 3.69. The summed E-state index contributed by atoms with van der Waals surface area (Å²) in [5.74, 6) is 0.457. The lowest BCUT2D eigenvalue weighted by molar-refractivity contribution is 0.150. The van der Waals surface area contributed by atoms with E-state index < -0.39 is 11.6 Å². The Morgan fingerprint density at radius 2 is 2.07 bits per heavy atom. The second-order valence-corrected chi connectivity index (χ2v) is 7.38. The molecule has 3 rings (SSSR count). The van der Waals surface area contributed by atoms with Gasteiger partial charge in [-0.25, -0.2) is 13.8 Å². The van der Waals surface area contributed by atoms with E-state index in [1.807, 2.05) is 6.92 Å². The van der Waals surface area contributed by atoms with Gasteiger partial charge in [-0.1, -0.05) is 0 Å². The van der Waals surface area contributed by atoms with E-state index in [0.717, 1.165) is 64.4 Å². The molecule has 2 fully saturated rings. The van der Waals surface area contributed by atoms with Gasteiger partial charge in [-0.2, -0.15) is 0 Å². The van der Waals surface area contributed by atoms with Gasteiger partial charge in [0.25, 0.3) is 0 Å². The molecular weight excluding hydrogens is 350 g/mol. The molecule has 2 N–H and O–H groups in total. The monoisotopic (exact) mass is 380 g/mol. The summed E-state index contributed by atoms with van der Waals surface area (Å²) < 4.78 is 32.6. The van der Waals surface area contributed by atoms with Crippen LogP contribution in [0.5, 0.6) is 0 Å². The number of aliphatic imine (C=N–C) groups is 1. The Morgan fingerprint density at radius 3 is 2.78 bits per heavy atom. The van der Waals surface area contributed by atoms with Crippen LogP contribution in [0.2, 0.25) is 0 Å². The van der Waals surface area contributed by atoms with Crippen molar-refractivity contribution in [2.45, 2.75) is 38.8 Å². The summed E-state index contributed by atoms with van der Waals surface area (Å²) in [6, 6.07) is 3.81. The van der Waals surface area contributed by atoms with Gasteiger partial charge in [0, 0.05) is 44.4 Å². The molecule has 1 aromatic carbocycles. The lowest BCUT2D eigenvalue weighted by atomic mass is 10.0. The van der Waals surface area contributed by atoms with Gasteiger partial charge in [0.2, 0.25) is 0 Å². The highest BCUT2D eigenvalue weighted by Gasteiger charge is 2.24. The topological polar surface area (TPSA) is 48.9 Å². The number of rotatable bonds is 6. The maximum Gasteiger partial charge on any atom is 0.191 e. The second kappa shape index (κ2) is 9.99. The van der Waals surface area contributed by atoms with E-state index >= 15 is 0 Å². The summed E-state index contributed by atoms with van der Waals surface area (Å²) in [4.78, 5) is 6.96. The van der Waals surface area contributed by atoms with E-state index in [2.05, 4.69) is 20.5 Å². The average Bonchev–Trinajstić information content (AvgIpc) is 3.17. The molecule has 1 unspecified atom stereocenters. The molecule has 0 saturated carbocycles. The average molecular weight is 380 g/mol. The van der Waals surface area contributed by atoms with Crippen LogP contribution in [-0.4, -0.2) is 56.3 Å². The summed E-state index contributed by atoms with van der Waals surface area (Å²) in [7, 11) is 0. The van der Waals surface area contributed by atoms with Crippen molar-refractivity contribution in [1.82, 2.24) is 15.5 Å². The van der Waals surface area contributed by atoms with Gasteiger partial charge in [-0.05, 0) is 50.3 Å². The largest absolute Gasteiger partial charge is 0.381 e. The number of halogens is 2. The molecule has 1 aromatic rings. The number of benzene rings is 1. The fourth-order valence-corrected chi connectivity index (χ4v) is 3.69. The molecule has 0 bridgehead atoms. The first kappa shape index (κ1) is 20.0. The van der Waals surface area contributed by atoms with Crippen LogP contribution < -0.4 is 10.6 Å². The van der Waals surface area contributed by atoms with Crippen LogP contribution in [0.25, 0.3) is 0 Å². The van der Waals surface area contributed by atoms with Crippen LogP contribution in [-0.2, 0) is 11.3 Å². The molecular formula is C20H30F2N4O. The SMILES string of the molecule is CCNC(=NCc1cc(F)ccc1F)NC1CCN(CC2CCOC2)CC1. The van der Waals surface area contributed by atoms with Crippen molar-refractivity contribution in [1.29, 1.82) is 0 Å². The minimum Gasteiger partial charge on any atom is -0.381 e. The number of hydrogen-bond donors (Lipinski definition) is 2. The smallest absolute Gasteiger partial charge is 0.191 e. The van der Waals surface area contributed by atoms with Crippen molar-refractivity contribution in [3.63, 3.8) is 0 Å². The summed E-state index contributed by atoms with van der Waals surface area (Å²) in [6.07, 6.45) is 3.27. The second-order valence-electron chi connectivity index (χ2n) is 7.38. The van der Waals surface area contributed by atoms with E-state index in [1.54, 1.807) is 0 Å². The molecule has 0 amide bonds. The summed E-state index contributed by atoms with van der Waals surface area (Å²) in [5.41, 5.74) is 0.265. The van der Waals surface area contributed by atoms with Gasteiger partial charge in [-0.15, -0.1) is 0 Å². The molecule has 1 atom stereocenters. The Labute approximate surface area is 160 Å². The van der Waals surface area contributed by atoms with Crippen LogP contribution in [0.3, 0.4) is 0 Å². The van der Waals surface area contributed by atoms with E-state index in [-0.39, 0.29) is 12.1 Å². The predicted molar refractivity (Wildman–Crippen MR) is 103 cm³/mol. The molecule has 150 valence electrons. The zero-order valence-corrected chi connectivity index (χ0v) is 16.0. The third-order valence-electron chi connectivity index (χ3n) is 5.23. The quantitative estimate of drug-likeness (QED) is 0.588. The van der Waals surface area contributed by atoms with Crippen LogP contribution in [0.1, 0.15) is 31.7 Å². The van der Waals surface area contributed by atoms with E-state index in [1.165, 1.54) is 12.5 Å². The van der Waals surface area contributed by atoms with E-state index in [9.17, 15) is 8.78 Å². The van der Waals surface area contributed by atoms with Crippen molar-refractivity contribution >= 4 is 5.96 Å². The fraction of sp³-hybridized carbons (Fsp3) is 0.650. The highest BCUT2D eigenvalue weighted by molar-refractivity contribution is 5.80. The maximum absolute atomic E-state index is 13.8. The van der Waals surface area contributed by atoms with Gasteiger partial charge < -0.3 is 20.3 Å². The normalized spacial score (nSPS) is 22.2. The van der Waals surface area contributed by atoms with Crippen molar-refractivity contribution in [2.24, 2.45) is 10.9 Å². The van der Waals surface area contributed by atoms with Gasteiger partial charge in [0.1, 0.15) is 11.6 Å². The Morgan fingerprint density at radius 1 is 1.26 bits per heavy atom. The van der Waals surface area contributed by atoms with Crippen LogP contribution in [0, 0.1) is 17.6 Å². The standard InChI is InChI=1S/C20H30F2N4O/c1-2-23-20(24-12-16-11-17(21)3-4-19(16)22)25-18-5-8-26(9-6-18)13-15-7-10-27-14-15/h3-4,11,15,18H,2,5-10,12-14H2,1H3,(H2,23,24,25). The minimum atomic E-state index is -0.445. The van der Waals surface area contributed by atoms with Gasteiger partial charge in [0.15, 0.2) is 5.96 Å². The molecule has 2 saturated heterocycles. The maximum atomic E-state index is 13.8. The molecule has 2 aliphatic heterocycles. The van der Waals surface area contributed by atoms with Gasteiger partial charge in [-0.3, -0.25) is 0 Å². The number of likely N-dealkylation sites (tertiary alicyclic amines) is 1. The number of hydrogen-bond acceptors (Lipinski definition) is 3. The highest BCUT2D eigenvalue weighted by atomic mass is 19.1. The third-order valence-corrected chi connectivity index (χ3v) is 5.23. The number of guanidine groups is 1. The number of nitrogens with zero attached hydrogens (tertiary/aromatic N) is 2. The third kappa shape index (κ3) is 6.14. The molecule has 7 heteroatoms. The van der Waals surface area contributed by atoms with E-state index in [0.29, 0.717) is 17.9 Å². The molecule has 5 nitrogen and oxygen atoms in total. The molecule has 2 heterocycles. The summed E-state index contributed by atoms with van der Waals surface area (Å²) in [5, 5.41) is 6.64. The minimum absolute atomic E-state index is 0.111. The molecule has 27 heavy (non-hydrogen) atoms. The number of piperidine rings is 1. The summed E-state index contributed by atoms with van der Waals surface area (Å²) >= 11 is 0. The zero-order chi connectivity index (χ0) is 19.1. The Kier molecular flexibility index (Phi) is 7.41. The van der Waals surface area contributed by atoms with E-state index in [4.69, 9.17) is 4.74 Å². The molecule has 0 aromatic heterocycles. The molecule has 0 aliphatic carbocycles. The van der Waals surface area contributed by atoms with Crippen molar-refractivity contribution in [3.8, 4) is 0 Å². The Hall–Kier alpha value is -1.73. The van der Waals surface area contributed by atoms with Crippen molar-refractivity contribution < 1.29 is 13.5 Å². The van der Waals surface area contributed by atoms with Gasteiger partial charge in [0.05, 0.1) is 13.2 Å². The van der Waals surface area contributed by atoms with Crippen LogP contribution >= 0.6 is 0 Å². The number of ether oxygens (including phenoxy) is 1. The molecule has 2 aliphatic rings. The Bertz CT molecular complexity index is 626. The van der Waals surface area contributed by atoms with Gasteiger partial charge >= 0.3 is 0 Å². The predicted octanol–water partition coefficient (Wildman–Crippen LogP) is 2.52.